The molecule has 142 valence electrons. The lowest BCUT2D eigenvalue weighted by molar-refractivity contribution is 0.657. The zero-order valence-corrected chi connectivity index (χ0v) is 17.1. The molecule has 3 aromatic heterocycles. The summed E-state index contributed by atoms with van der Waals surface area (Å²) in [6.07, 6.45) is 4.74. The number of fused-ring (bicyclic) bond motifs is 3. The SMILES string of the molecule is Cc1ccc(-c2ccn(-c3ccc4c5c(sc4c3)CNCC5)c(=O)c2)nc1.Cl. The Bertz CT molecular complexity index is 1210. The number of hydrogen-bond acceptors (Lipinski definition) is 4. The van der Waals surface area contributed by atoms with Crippen LogP contribution in [0.1, 0.15) is 16.0 Å². The molecular weight excluding hydrogens is 390 g/mol. The van der Waals surface area contributed by atoms with Crippen LogP contribution in [-0.2, 0) is 13.0 Å². The minimum Gasteiger partial charge on any atom is -0.312 e. The lowest BCUT2D eigenvalue weighted by Gasteiger charge is -2.12. The minimum atomic E-state index is -0.0442. The summed E-state index contributed by atoms with van der Waals surface area (Å²) in [5.41, 5.74) is 5.09. The predicted molar refractivity (Wildman–Crippen MR) is 118 cm³/mol. The number of rotatable bonds is 2. The average molecular weight is 410 g/mol. The molecule has 5 rings (SSSR count). The Hall–Kier alpha value is -2.47. The summed E-state index contributed by atoms with van der Waals surface area (Å²) in [4.78, 5) is 18.6. The van der Waals surface area contributed by atoms with E-state index < -0.39 is 0 Å². The van der Waals surface area contributed by atoms with Crippen molar-refractivity contribution in [3.05, 3.63) is 81.2 Å². The van der Waals surface area contributed by atoms with Crippen molar-refractivity contribution in [3.63, 3.8) is 0 Å². The summed E-state index contributed by atoms with van der Waals surface area (Å²) >= 11 is 1.83. The topological polar surface area (TPSA) is 46.9 Å². The maximum atomic E-state index is 12.7. The van der Waals surface area contributed by atoms with Crippen LogP contribution in [-0.4, -0.2) is 16.1 Å². The van der Waals surface area contributed by atoms with Gasteiger partial charge in [0.2, 0.25) is 0 Å². The Kier molecular flexibility index (Phi) is 5.06. The van der Waals surface area contributed by atoms with Crippen molar-refractivity contribution >= 4 is 33.8 Å². The summed E-state index contributed by atoms with van der Waals surface area (Å²) in [5.74, 6) is 0. The Balaban J connectivity index is 0.00000192. The van der Waals surface area contributed by atoms with E-state index in [2.05, 4.69) is 22.4 Å². The molecule has 0 saturated heterocycles. The van der Waals surface area contributed by atoms with Gasteiger partial charge in [-0.2, -0.15) is 0 Å². The molecule has 4 nitrogen and oxygen atoms in total. The van der Waals surface area contributed by atoms with E-state index >= 15 is 0 Å². The van der Waals surface area contributed by atoms with Crippen molar-refractivity contribution < 1.29 is 0 Å². The third-order valence-electron chi connectivity index (χ3n) is 5.10. The van der Waals surface area contributed by atoms with Crippen LogP contribution in [0.4, 0.5) is 0 Å². The average Bonchev–Trinajstić information content (AvgIpc) is 3.06. The lowest BCUT2D eigenvalue weighted by Crippen LogP contribution is -2.21. The molecule has 0 bridgehead atoms. The predicted octanol–water partition coefficient (Wildman–Crippen LogP) is 4.49. The highest BCUT2D eigenvalue weighted by molar-refractivity contribution is 7.19. The van der Waals surface area contributed by atoms with Crippen molar-refractivity contribution in [1.29, 1.82) is 0 Å². The fraction of sp³-hybridized carbons (Fsp3) is 0.182. The highest BCUT2D eigenvalue weighted by Gasteiger charge is 2.16. The van der Waals surface area contributed by atoms with E-state index in [9.17, 15) is 4.79 Å². The Morgan fingerprint density at radius 3 is 2.82 bits per heavy atom. The lowest BCUT2D eigenvalue weighted by atomic mass is 10.0. The number of aromatic nitrogens is 2. The van der Waals surface area contributed by atoms with Crippen LogP contribution < -0.4 is 10.9 Å². The quantitative estimate of drug-likeness (QED) is 0.530. The van der Waals surface area contributed by atoms with Gasteiger partial charge in [0, 0.05) is 40.1 Å². The van der Waals surface area contributed by atoms with Crippen LogP contribution >= 0.6 is 23.7 Å². The Labute approximate surface area is 173 Å². The molecule has 4 heterocycles. The molecule has 0 fully saturated rings. The number of nitrogens with zero attached hydrogens (tertiary/aromatic N) is 2. The van der Waals surface area contributed by atoms with Gasteiger partial charge in [0.1, 0.15) is 0 Å². The molecule has 0 unspecified atom stereocenters. The van der Waals surface area contributed by atoms with Crippen molar-refractivity contribution in [2.45, 2.75) is 19.9 Å². The highest BCUT2D eigenvalue weighted by atomic mass is 35.5. The minimum absolute atomic E-state index is 0. The molecule has 1 N–H and O–H groups in total. The Morgan fingerprint density at radius 1 is 1.14 bits per heavy atom. The van der Waals surface area contributed by atoms with Gasteiger partial charge in [-0.3, -0.25) is 14.3 Å². The van der Waals surface area contributed by atoms with Gasteiger partial charge in [-0.25, -0.2) is 0 Å². The third kappa shape index (κ3) is 3.26. The summed E-state index contributed by atoms with van der Waals surface area (Å²) < 4.78 is 2.95. The number of halogens is 1. The molecule has 0 spiro atoms. The van der Waals surface area contributed by atoms with Crippen LogP contribution in [0.5, 0.6) is 0 Å². The summed E-state index contributed by atoms with van der Waals surface area (Å²) in [6.45, 7) is 3.99. The molecule has 1 aromatic carbocycles. The third-order valence-corrected chi connectivity index (χ3v) is 6.30. The first-order valence-electron chi connectivity index (χ1n) is 9.10. The fourth-order valence-corrected chi connectivity index (χ4v) is 4.92. The van der Waals surface area contributed by atoms with Crippen LogP contribution in [0.15, 0.2) is 59.7 Å². The van der Waals surface area contributed by atoms with Crippen LogP contribution in [0.25, 0.3) is 27.0 Å². The molecule has 0 amide bonds. The normalized spacial score (nSPS) is 13.2. The van der Waals surface area contributed by atoms with E-state index in [1.165, 1.54) is 20.5 Å². The first kappa shape index (κ1) is 18.9. The number of hydrogen-bond donors (Lipinski definition) is 1. The van der Waals surface area contributed by atoms with Gasteiger partial charge in [-0.15, -0.1) is 23.7 Å². The smallest absolute Gasteiger partial charge is 0.255 e. The molecule has 1 aliphatic rings. The van der Waals surface area contributed by atoms with Crippen molar-refractivity contribution in [2.24, 2.45) is 0 Å². The van der Waals surface area contributed by atoms with Gasteiger partial charge in [0.25, 0.3) is 5.56 Å². The van der Waals surface area contributed by atoms with Gasteiger partial charge in [-0.05, 0) is 60.7 Å². The van der Waals surface area contributed by atoms with E-state index in [4.69, 9.17) is 0 Å². The van der Waals surface area contributed by atoms with Crippen molar-refractivity contribution in [3.8, 4) is 16.9 Å². The summed E-state index contributed by atoms with van der Waals surface area (Å²) in [6, 6.07) is 13.9. The summed E-state index contributed by atoms with van der Waals surface area (Å²) in [5, 5.41) is 4.76. The monoisotopic (exact) mass is 409 g/mol. The van der Waals surface area contributed by atoms with Crippen LogP contribution in [0.3, 0.4) is 0 Å². The van der Waals surface area contributed by atoms with Gasteiger partial charge < -0.3 is 5.32 Å². The standard InChI is InChI=1S/C22H19N3OS.ClH/c1-14-2-5-19(24-12-14)15-7-9-25(22(26)10-15)16-3-4-17-18-6-8-23-13-21(18)27-20(17)11-16;/h2-5,7,9-12,23H,6,8,13H2,1H3;1H. The zero-order chi connectivity index (χ0) is 18.4. The molecule has 4 aromatic rings. The van der Waals surface area contributed by atoms with Gasteiger partial charge in [-0.1, -0.05) is 12.1 Å². The van der Waals surface area contributed by atoms with E-state index in [-0.39, 0.29) is 18.0 Å². The molecule has 6 heteroatoms. The number of benzene rings is 1. The second kappa shape index (κ2) is 7.51. The molecule has 28 heavy (non-hydrogen) atoms. The van der Waals surface area contributed by atoms with Crippen molar-refractivity contribution in [2.75, 3.05) is 6.54 Å². The van der Waals surface area contributed by atoms with Crippen molar-refractivity contribution in [1.82, 2.24) is 14.9 Å². The van der Waals surface area contributed by atoms with E-state index in [0.717, 1.165) is 42.0 Å². The number of aryl methyl sites for hydroxylation is 1. The van der Waals surface area contributed by atoms with Gasteiger partial charge in [0.05, 0.1) is 11.4 Å². The maximum absolute atomic E-state index is 12.7. The first-order chi connectivity index (χ1) is 13.2. The van der Waals surface area contributed by atoms with Gasteiger partial charge in [0.15, 0.2) is 0 Å². The molecule has 0 atom stereocenters. The van der Waals surface area contributed by atoms with Crippen LogP contribution in [0, 0.1) is 6.92 Å². The van der Waals surface area contributed by atoms with E-state index in [1.807, 2.05) is 54.9 Å². The van der Waals surface area contributed by atoms with E-state index in [0.29, 0.717) is 0 Å². The zero-order valence-electron chi connectivity index (χ0n) is 15.4. The first-order valence-corrected chi connectivity index (χ1v) is 9.92. The second-order valence-electron chi connectivity index (χ2n) is 6.96. The Morgan fingerprint density at radius 2 is 2.04 bits per heavy atom. The largest absolute Gasteiger partial charge is 0.312 e. The number of nitrogens with one attached hydrogen (secondary N) is 1. The van der Waals surface area contributed by atoms with E-state index in [1.54, 1.807) is 10.6 Å². The highest BCUT2D eigenvalue weighted by Crippen LogP contribution is 2.34. The fourth-order valence-electron chi connectivity index (χ4n) is 3.66. The van der Waals surface area contributed by atoms with Crippen LogP contribution in [0.2, 0.25) is 0 Å². The summed E-state index contributed by atoms with van der Waals surface area (Å²) in [7, 11) is 0. The number of pyridine rings is 2. The maximum Gasteiger partial charge on any atom is 0.255 e. The number of thiophene rings is 1. The molecule has 1 aliphatic heterocycles. The molecular formula is C22H20ClN3OS. The second-order valence-corrected chi connectivity index (χ2v) is 8.09. The van der Waals surface area contributed by atoms with Gasteiger partial charge >= 0.3 is 0 Å². The molecule has 0 saturated carbocycles. The molecule has 0 aliphatic carbocycles. The molecule has 0 radical (unpaired) electrons.